The number of anilines is 2. The molecule has 0 unspecified atom stereocenters. The topological polar surface area (TPSA) is 147 Å². The average molecular weight is 908 g/mol. The third kappa shape index (κ3) is 10.6. The van der Waals surface area contributed by atoms with E-state index >= 15 is 0 Å². The number of rotatable bonds is 12. The van der Waals surface area contributed by atoms with Crippen molar-refractivity contribution in [2.75, 3.05) is 69.7 Å². The monoisotopic (exact) mass is 906 g/mol. The highest BCUT2D eigenvalue weighted by atomic mass is 79.9. The van der Waals surface area contributed by atoms with Crippen LogP contribution in [0.15, 0.2) is 99.9 Å². The second-order valence-corrected chi connectivity index (χ2v) is 18.9. The standard InChI is InChI=1S/C43H48BrClN6O7S/c1-43(2)26-38(29-7-9-32(45)10-8-29)30(28-57-43)27-49-19-21-50(22-20-49)34-11-13-37(41(24-34)58-35-6-4-5-31(44)23-35)42(52)47-59(55,56)36-12-14-39(40(25-36)51(53)54)46-33-15-17-48(3)18-16-33/h4-14,23-25,33,46H,15-22,26-28H2,1-3H3,(H,47,52). The van der Waals surface area contributed by atoms with Crippen molar-refractivity contribution < 1.29 is 27.6 Å². The Kier molecular flexibility index (Phi) is 13.0. The van der Waals surface area contributed by atoms with Crippen LogP contribution in [0.2, 0.25) is 5.02 Å². The molecule has 0 atom stereocenters. The van der Waals surface area contributed by atoms with Gasteiger partial charge in [0.1, 0.15) is 17.2 Å². The fraction of sp³-hybridized carbons (Fsp3) is 0.372. The Hall–Kier alpha value is -4.51. The SMILES string of the molecule is CN1CCC(Nc2ccc(S(=O)(=O)NC(=O)c3ccc(N4CCN(CC5=C(c6ccc(Cl)cc6)CC(C)(C)OC5)CC4)cc3Oc3cccc(Br)c3)cc2[N+](=O)[O-])CC1. The maximum atomic E-state index is 13.8. The van der Waals surface area contributed by atoms with E-state index in [9.17, 15) is 23.3 Å². The van der Waals surface area contributed by atoms with E-state index in [0.717, 1.165) is 73.8 Å². The van der Waals surface area contributed by atoms with Gasteiger partial charge in [0.2, 0.25) is 0 Å². The van der Waals surface area contributed by atoms with Crippen LogP contribution in [-0.4, -0.2) is 100 Å². The molecule has 3 aliphatic rings. The van der Waals surface area contributed by atoms with Crippen LogP contribution in [-0.2, 0) is 14.8 Å². The molecule has 0 aromatic heterocycles. The van der Waals surface area contributed by atoms with Gasteiger partial charge in [-0.05, 0) is 118 Å². The number of carbonyl (C=O) groups is 1. The number of hydrogen-bond acceptors (Lipinski definition) is 11. The smallest absolute Gasteiger partial charge is 0.293 e. The Morgan fingerprint density at radius 2 is 1.71 bits per heavy atom. The van der Waals surface area contributed by atoms with Crippen molar-refractivity contribution in [3.8, 4) is 11.5 Å². The number of carbonyl (C=O) groups excluding carboxylic acids is 1. The molecule has 3 aliphatic heterocycles. The van der Waals surface area contributed by atoms with E-state index < -0.39 is 31.4 Å². The van der Waals surface area contributed by atoms with Crippen LogP contribution in [0.25, 0.3) is 5.57 Å². The molecular weight excluding hydrogens is 860 g/mol. The molecule has 59 heavy (non-hydrogen) atoms. The van der Waals surface area contributed by atoms with E-state index in [1.165, 1.54) is 23.3 Å². The molecule has 1 amide bonds. The maximum Gasteiger partial charge on any atom is 0.293 e. The summed E-state index contributed by atoms with van der Waals surface area (Å²) in [6.45, 7) is 10.2. The van der Waals surface area contributed by atoms with E-state index in [4.69, 9.17) is 21.1 Å². The molecule has 0 aliphatic carbocycles. The quantitative estimate of drug-likeness (QED) is 0.105. The minimum Gasteiger partial charge on any atom is -0.456 e. The second kappa shape index (κ2) is 18.0. The van der Waals surface area contributed by atoms with Crippen molar-refractivity contribution in [1.29, 1.82) is 0 Å². The van der Waals surface area contributed by atoms with Gasteiger partial charge in [-0.3, -0.25) is 19.8 Å². The fourth-order valence-electron chi connectivity index (χ4n) is 7.70. The molecule has 4 aromatic carbocycles. The number of nitrogens with zero attached hydrogens (tertiary/aromatic N) is 4. The van der Waals surface area contributed by atoms with Gasteiger partial charge >= 0.3 is 0 Å². The zero-order chi connectivity index (χ0) is 41.9. The van der Waals surface area contributed by atoms with Gasteiger partial charge in [-0.1, -0.05) is 45.7 Å². The summed E-state index contributed by atoms with van der Waals surface area (Å²) in [6.07, 6.45) is 2.39. The van der Waals surface area contributed by atoms with Gasteiger partial charge in [0, 0.05) is 72.5 Å². The number of sulfonamides is 1. The van der Waals surface area contributed by atoms with Crippen LogP contribution in [0, 0.1) is 10.1 Å². The molecule has 7 rings (SSSR count). The normalized spacial score (nSPS) is 18.1. The van der Waals surface area contributed by atoms with Gasteiger partial charge in [0.25, 0.3) is 21.6 Å². The van der Waals surface area contributed by atoms with E-state index in [1.807, 2.05) is 25.2 Å². The largest absolute Gasteiger partial charge is 0.456 e. The van der Waals surface area contributed by atoms with Crippen LogP contribution in [0.1, 0.15) is 49.0 Å². The summed E-state index contributed by atoms with van der Waals surface area (Å²) >= 11 is 9.67. The number of nitro benzene ring substituents is 1. The first-order valence-electron chi connectivity index (χ1n) is 19.6. The number of halogens is 2. The highest BCUT2D eigenvalue weighted by molar-refractivity contribution is 9.10. The van der Waals surface area contributed by atoms with E-state index in [2.05, 4.69) is 66.6 Å². The molecule has 0 bridgehead atoms. The van der Waals surface area contributed by atoms with Gasteiger partial charge in [-0.25, -0.2) is 13.1 Å². The predicted octanol–water partition coefficient (Wildman–Crippen LogP) is 8.20. The lowest BCUT2D eigenvalue weighted by Gasteiger charge is -2.39. The number of piperazine rings is 1. The summed E-state index contributed by atoms with van der Waals surface area (Å²) in [7, 11) is -2.51. The Bertz CT molecular complexity index is 2340. The maximum absolute atomic E-state index is 13.8. The first-order chi connectivity index (χ1) is 28.1. The molecule has 0 radical (unpaired) electrons. The molecule has 16 heteroatoms. The summed E-state index contributed by atoms with van der Waals surface area (Å²) in [5.74, 6) is -0.353. The Morgan fingerprint density at radius 3 is 2.41 bits per heavy atom. The lowest BCUT2D eigenvalue weighted by atomic mass is 9.87. The van der Waals surface area contributed by atoms with Gasteiger partial charge < -0.3 is 24.6 Å². The van der Waals surface area contributed by atoms with Crippen LogP contribution < -0.4 is 19.7 Å². The molecule has 0 saturated carbocycles. The van der Waals surface area contributed by atoms with Gasteiger partial charge in [-0.2, -0.15) is 0 Å². The first kappa shape index (κ1) is 42.6. The van der Waals surface area contributed by atoms with Crippen LogP contribution >= 0.6 is 27.5 Å². The average Bonchev–Trinajstić information content (AvgIpc) is 3.20. The number of amides is 1. The van der Waals surface area contributed by atoms with Gasteiger partial charge in [0.15, 0.2) is 0 Å². The zero-order valence-corrected chi connectivity index (χ0v) is 36.4. The molecule has 0 spiro atoms. The summed E-state index contributed by atoms with van der Waals surface area (Å²) in [5.41, 5.74) is 4.06. The number of benzene rings is 4. The molecular formula is C43H48BrClN6O7S. The second-order valence-electron chi connectivity index (χ2n) is 15.9. The third-order valence-corrected chi connectivity index (χ3v) is 13.1. The van der Waals surface area contributed by atoms with Crippen molar-refractivity contribution in [1.82, 2.24) is 14.5 Å². The minimum atomic E-state index is -4.53. The summed E-state index contributed by atoms with van der Waals surface area (Å²) in [5, 5.41) is 16.0. The molecule has 2 saturated heterocycles. The molecule has 3 heterocycles. The van der Waals surface area contributed by atoms with Crippen molar-refractivity contribution in [2.45, 2.75) is 49.6 Å². The van der Waals surface area contributed by atoms with Gasteiger partial charge in [-0.15, -0.1) is 0 Å². The van der Waals surface area contributed by atoms with Crippen molar-refractivity contribution >= 4 is 66.1 Å². The molecule has 312 valence electrons. The summed E-state index contributed by atoms with van der Waals surface area (Å²) in [4.78, 5) is 31.7. The van der Waals surface area contributed by atoms with Gasteiger partial charge in [0.05, 0.1) is 27.6 Å². The van der Waals surface area contributed by atoms with E-state index in [0.29, 0.717) is 30.5 Å². The number of piperidine rings is 1. The molecule has 13 nitrogen and oxygen atoms in total. The highest BCUT2D eigenvalue weighted by Crippen LogP contribution is 2.37. The molecule has 2 fully saturated rings. The van der Waals surface area contributed by atoms with E-state index in [1.54, 1.807) is 36.4 Å². The number of ether oxygens (including phenoxy) is 2. The van der Waals surface area contributed by atoms with Crippen molar-refractivity contribution in [3.63, 3.8) is 0 Å². The van der Waals surface area contributed by atoms with Crippen molar-refractivity contribution in [2.24, 2.45) is 0 Å². The van der Waals surface area contributed by atoms with Crippen LogP contribution in [0.4, 0.5) is 17.1 Å². The number of nitro groups is 1. The van der Waals surface area contributed by atoms with Crippen LogP contribution in [0.3, 0.4) is 0 Å². The van der Waals surface area contributed by atoms with Crippen LogP contribution in [0.5, 0.6) is 11.5 Å². The lowest BCUT2D eigenvalue weighted by molar-refractivity contribution is -0.384. The molecule has 2 N–H and O–H groups in total. The Balaban J connectivity index is 1.08. The first-order valence-corrected chi connectivity index (χ1v) is 22.2. The Morgan fingerprint density at radius 1 is 0.983 bits per heavy atom. The molecule has 4 aromatic rings. The van der Waals surface area contributed by atoms with E-state index in [-0.39, 0.29) is 28.6 Å². The lowest BCUT2D eigenvalue weighted by Crippen LogP contribution is -2.47. The third-order valence-electron chi connectivity index (χ3n) is 11.0. The predicted molar refractivity (Wildman–Crippen MR) is 234 cm³/mol. The van der Waals surface area contributed by atoms with Crippen molar-refractivity contribution in [3.05, 3.63) is 121 Å². The number of nitrogens with one attached hydrogen (secondary N) is 2. The zero-order valence-electron chi connectivity index (χ0n) is 33.2. The number of hydrogen-bond donors (Lipinski definition) is 2. The summed E-state index contributed by atoms with van der Waals surface area (Å²) in [6, 6.07) is 23.8. The summed E-state index contributed by atoms with van der Waals surface area (Å²) < 4.78 is 42.6. The number of likely N-dealkylation sites (tertiary alicyclic amines) is 1. The minimum absolute atomic E-state index is 0.0127. The Labute approximate surface area is 358 Å². The fourth-order valence-corrected chi connectivity index (χ4v) is 9.19. The highest BCUT2D eigenvalue weighted by Gasteiger charge is 2.31.